The Hall–Kier alpha value is -0.450. The molecule has 0 bridgehead atoms. The summed E-state index contributed by atoms with van der Waals surface area (Å²) in [4.78, 5) is 7.26. The van der Waals surface area contributed by atoms with Crippen LogP contribution in [0.2, 0.25) is 0 Å². The maximum absolute atomic E-state index is 9.60. The Morgan fingerprint density at radius 1 is 1.44 bits per heavy atom. The van der Waals surface area contributed by atoms with Gasteiger partial charge < -0.3 is 10.0 Å². The summed E-state index contributed by atoms with van der Waals surface area (Å²) in [6.45, 7) is 2.64. The van der Waals surface area contributed by atoms with Crippen LogP contribution < -0.4 is 0 Å². The number of aliphatic hydroxyl groups is 1. The predicted octanol–water partition coefficient (Wildman–Crippen LogP) is 2.37. The molecule has 1 aliphatic heterocycles. The Bertz CT molecular complexity index is 400. The minimum absolute atomic E-state index is 0.0222. The summed E-state index contributed by atoms with van der Waals surface area (Å²) in [7, 11) is 2.19. The fraction of sp³-hybridized carbons (Fsp3) is 0.786. The van der Waals surface area contributed by atoms with Gasteiger partial charge in [0.2, 0.25) is 0 Å². The molecule has 2 aliphatic rings. The molecule has 1 saturated carbocycles. The van der Waals surface area contributed by atoms with Gasteiger partial charge in [0.15, 0.2) is 0 Å². The minimum atomic E-state index is 0.0222. The van der Waals surface area contributed by atoms with Crippen LogP contribution in [0.1, 0.15) is 48.7 Å². The molecule has 0 unspecified atom stereocenters. The van der Waals surface area contributed by atoms with Crippen molar-refractivity contribution in [3.8, 4) is 0 Å². The van der Waals surface area contributed by atoms with E-state index in [0.29, 0.717) is 5.92 Å². The highest BCUT2D eigenvalue weighted by Gasteiger charge is 2.41. The van der Waals surface area contributed by atoms with E-state index < -0.39 is 0 Å². The molecule has 1 N–H and O–H groups in total. The molecule has 0 atom stereocenters. The van der Waals surface area contributed by atoms with Crippen LogP contribution >= 0.6 is 11.3 Å². The molecule has 4 heteroatoms. The van der Waals surface area contributed by atoms with Crippen LogP contribution in [-0.2, 0) is 5.41 Å². The number of hydrogen-bond acceptors (Lipinski definition) is 4. The third-order valence-electron chi connectivity index (χ3n) is 4.73. The van der Waals surface area contributed by atoms with E-state index in [9.17, 15) is 5.11 Å². The van der Waals surface area contributed by atoms with Crippen LogP contribution in [0.3, 0.4) is 0 Å². The lowest BCUT2D eigenvalue weighted by Gasteiger charge is -2.38. The lowest BCUT2D eigenvalue weighted by molar-refractivity contribution is 0.119. The number of aliphatic hydroxyl groups excluding tert-OH is 1. The lowest BCUT2D eigenvalue weighted by atomic mass is 9.70. The molecule has 18 heavy (non-hydrogen) atoms. The van der Waals surface area contributed by atoms with Crippen LogP contribution in [-0.4, -0.2) is 41.7 Å². The third-order valence-corrected chi connectivity index (χ3v) is 5.83. The van der Waals surface area contributed by atoms with Gasteiger partial charge in [-0.25, -0.2) is 4.98 Å². The molecule has 3 rings (SSSR count). The van der Waals surface area contributed by atoms with Crippen molar-refractivity contribution in [1.29, 1.82) is 0 Å². The van der Waals surface area contributed by atoms with Crippen LogP contribution in [0.4, 0.5) is 0 Å². The second-order valence-electron chi connectivity index (χ2n) is 5.95. The van der Waals surface area contributed by atoms with Gasteiger partial charge >= 0.3 is 0 Å². The molecule has 1 aromatic heterocycles. The van der Waals surface area contributed by atoms with E-state index in [1.807, 2.05) is 0 Å². The lowest BCUT2D eigenvalue weighted by Crippen LogP contribution is -2.37. The van der Waals surface area contributed by atoms with E-state index >= 15 is 0 Å². The minimum Gasteiger partial charge on any atom is -0.395 e. The van der Waals surface area contributed by atoms with Crippen molar-refractivity contribution in [2.24, 2.45) is 0 Å². The maximum atomic E-state index is 9.60. The summed E-state index contributed by atoms with van der Waals surface area (Å²) < 4.78 is 0. The first-order valence-corrected chi connectivity index (χ1v) is 7.87. The summed E-state index contributed by atoms with van der Waals surface area (Å²) in [5.74, 6) is 0.641. The average molecular weight is 266 g/mol. The zero-order valence-electron chi connectivity index (χ0n) is 11.1. The van der Waals surface area contributed by atoms with Gasteiger partial charge in [-0.05, 0) is 45.8 Å². The molecule has 2 fully saturated rings. The van der Waals surface area contributed by atoms with Crippen molar-refractivity contribution in [3.63, 3.8) is 0 Å². The fourth-order valence-corrected chi connectivity index (χ4v) is 4.22. The second-order valence-corrected chi connectivity index (χ2v) is 6.81. The Morgan fingerprint density at radius 3 is 2.72 bits per heavy atom. The largest absolute Gasteiger partial charge is 0.395 e. The van der Waals surface area contributed by atoms with Crippen LogP contribution in [0.5, 0.6) is 0 Å². The molecule has 1 saturated heterocycles. The van der Waals surface area contributed by atoms with Crippen molar-refractivity contribution in [2.45, 2.75) is 43.4 Å². The fourth-order valence-electron chi connectivity index (χ4n) is 3.06. The van der Waals surface area contributed by atoms with E-state index in [2.05, 4.69) is 17.3 Å². The van der Waals surface area contributed by atoms with Crippen LogP contribution in [0, 0.1) is 0 Å². The highest BCUT2D eigenvalue weighted by Crippen LogP contribution is 2.45. The molecule has 1 aromatic rings. The van der Waals surface area contributed by atoms with Gasteiger partial charge in [0.1, 0.15) is 5.01 Å². The van der Waals surface area contributed by atoms with Crippen molar-refractivity contribution >= 4 is 11.3 Å². The van der Waals surface area contributed by atoms with Crippen molar-refractivity contribution in [1.82, 2.24) is 9.88 Å². The Kier molecular flexibility index (Phi) is 3.43. The molecular weight excluding hydrogens is 244 g/mol. The highest BCUT2D eigenvalue weighted by molar-refractivity contribution is 7.09. The monoisotopic (exact) mass is 266 g/mol. The molecular formula is C14H22N2OS. The molecule has 0 amide bonds. The van der Waals surface area contributed by atoms with E-state index in [4.69, 9.17) is 4.98 Å². The molecule has 0 radical (unpaired) electrons. The van der Waals surface area contributed by atoms with E-state index in [1.165, 1.54) is 43.1 Å². The smallest absolute Gasteiger partial charge is 0.101 e. The molecule has 3 nitrogen and oxygen atoms in total. The molecule has 2 heterocycles. The Balaban J connectivity index is 1.73. The standard InChI is InChI=1S/C14H22N2OS/c1-16-7-3-11(4-8-16)12-9-18-13(15-12)14(10-17)5-2-6-14/h9,11,17H,2-8,10H2,1H3. The topological polar surface area (TPSA) is 36.4 Å². The highest BCUT2D eigenvalue weighted by atomic mass is 32.1. The first-order valence-electron chi connectivity index (χ1n) is 6.99. The zero-order valence-corrected chi connectivity index (χ0v) is 11.9. The molecule has 0 spiro atoms. The van der Waals surface area contributed by atoms with Crippen molar-refractivity contribution in [2.75, 3.05) is 26.7 Å². The van der Waals surface area contributed by atoms with E-state index in [-0.39, 0.29) is 12.0 Å². The van der Waals surface area contributed by atoms with Crippen molar-refractivity contribution in [3.05, 3.63) is 16.1 Å². The summed E-state index contributed by atoms with van der Waals surface area (Å²) in [5.41, 5.74) is 1.30. The summed E-state index contributed by atoms with van der Waals surface area (Å²) >= 11 is 1.77. The van der Waals surface area contributed by atoms with Gasteiger partial charge in [-0.2, -0.15) is 0 Å². The number of hydrogen-bond donors (Lipinski definition) is 1. The summed E-state index contributed by atoms with van der Waals surface area (Å²) in [6.07, 6.45) is 5.93. The molecule has 0 aromatic carbocycles. The Labute approximate surface area is 113 Å². The number of nitrogens with zero attached hydrogens (tertiary/aromatic N) is 2. The number of likely N-dealkylation sites (tertiary alicyclic amines) is 1. The molecule has 100 valence electrons. The van der Waals surface area contributed by atoms with Gasteiger partial charge in [-0.1, -0.05) is 6.42 Å². The molecule has 1 aliphatic carbocycles. The summed E-state index contributed by atoms with van der Waals surface area (Å²) in [5, 5.41) is 13.0. The van der Waals surface area contributed by atoms with Gasteiger partial charge in [0.25, 0.3) is 0 Å². The quantitative estimate of drug-likeness (QED) is 0.912. The van der Waals surface area contributed by atoms with Crippen LogP contribution in [0.15, 0.2) is 5.38 Å². The zero-order chi connectivity index (χ0) is 12.6. The second kappa shape index (κ2) is 4.91. The van der Waals surface area contributed by atoms with Gasteiger partial charge in [0.05, 0.1) is 12.3 Å². The predicted molar refractivity (Wildman–Crippen MR) is 74.2 cm³/mol. The first kappa shape index (κ1) is 12.6. The number of piperidine rings is 1. The number of rotatable bonds is 3. The van der Waals surface area contributed by atoms with Gasteiger partial charge in [-0.15, -0.1) is 11.3 Å². The maximum Gasteiger partial charge on any atom is 0.101 e. The van der Waals surface area contributed by atoms with Crippen molar-refractivity contribution < 1.29 is 5.11 Å². The first-order chi connectivity index (χ1) is 8.73. The Morgan fingerprint density at radius 2 is 2.17 bits per heavy atom. The van der Waals surface area contributed by atoms with E-state index in [1.54, 1.807) is 11.3 Å². The van der Waals surface area contributed by atoms with Gasteiger partial charge in [-0.3, -0.25) is 0 Å². The normalized spacial score (nSPS) is 25.0. The summed E-state index contributed by atoms with van der Waals surface area (Å²) in [6, 6.07) is 0. The number of thiazole rings is 1. The number of aromatic nitrogens is 1. The van der Waals surface area contributed by atoms with Gasteiger partial charge in [0, 0.05) is 16.7 Å². The average Bonchev–Trinajstić information content (AvgIpc) is 2.79. The van der Waals surface area contributed by atoms with E-state index in [0.717, 1.165) is 12.8 Å². The SMILES string of the molecule is CN1CCC(c2csc(C3(CO)CCC3)n2)CC1. The van der Waals surface area contributed by atoms with Crippen LogP contribution in [0.25, 0.3) is 0 Å². The third kappa shape index (κ3) is 2.10.